The number of amides is 3. The average Bonchev–Trinajstić information content (AvgIpc) is 3.21. The fourth-order valence-electron chi connectivity index (χ4n) is 4.27. The Bertz CT molecular complexity index is 1210. The maximum atomic E-state index is 13.6. The zero-order chi connectivity index (χ0) is 28.0. The van der Waals surface area contributed by atoms with Crippen molar-refractivity contribution in [2.45, 2.75) is 56.7 Å². The van der Waals surface area contributed by atoms with Crippen LogP contribution in [0.1, 0.15) is 30.5 Å². The van der Waals surface area contributed by atoms with Crippen LogP contribution in [0.5, 0.6) is 0 Å². The average molecular weight is 599 g/mol. The topological polar surface area (TPSA) is 98.7 Å². The number of nitrogens with one attached hydrogen (secondary N) is 2. The van der Waals surface area contributed by atoms with E-state index in [1.807, 2.05) is 51.1 Å². The number of aliphatic hydroxyl groups excluding tert-OH is 1. The molecule has 1 aliphatic rings. The molecule has 1 saturated heterocycles. The third-order valence-corrected chi connectivity index (χ3v) is 8.71. The minimum Gasteiger partial charge on any atom is -0.381 e. The van der Waals surface area contributed by atoms with E-state index in [0.29, 0.717) is 6.54 Å². The number of hydrogen-bond donors (Lipinski definition) is 3. The van der Waals surface area contributed by atoms with Gasteiger partial charge in [-0.05, 0) is 43.9 Å². The molecule has 0 bridgehead atoms. The van der Waals surface area contributed by atoms with Gasteiger partial charge in [-0.15, -0.1) is 11.8 Å². The summed E-state index contributed by atoms with van der Waals surface area (Å²) >= 11 is 18.6. The molecule has 3 N–H and O–H groups in total. The molecular formula is C27H30Cl3N3O4S. The lowest BCUT2D eigenvalue weighted by molar-refractivity contribution is -0.147. The van der Waals surface area contributed by atoms with Crippen LogP contribution in [0.3, 0.4) is 0 Å². The normalized spacial score (nSPS) is 17.9. The molecule has 1 fully saturated rings. The van der Waals surface area contributed by atoms with E-state index in [9.17, 15) is 19.5 Å². The Morgan fingerprint density at radius 1 is 1.08 bits per heavy atom. The lowest BCUT2D eigenvalue weighted by Gasteiger charge is -2.33. The number of carbonyl (C=O) groups is 3. The molecule has 7 nitrogen and oxygen atoms in total. The highest BCUT2D eigenvalue weighted by atomic mass is 35.5. The van der Waals surface area contributed by atoms with Gasteiger partial charge in [-0.3, -0.25) is 14.4 Å². The number of thioether (sulfide) groups is 1. The zero-order valence-corrected chi connectivity index (χ0v) is 24.3. The summed E-state index contributed by atoms with van der Waals surface area (Å²) < 4.78 is -1.05. The number of hydrogen-bond acceptors (Lipinski definition) is 5. The first-order chi connectivity index (χ1) is 17.9. The van der Waals surface area contributed by atoms with Gasteiger partial charge >= 0.3 is 0 Å². The molecule has 0 saturated carbocycles. The second kappa shape index (κ2) is 13.2. The number of carbonyl (C=O) groups excluding carboxylic acids is 3. The van der Waals surface area contributed by atoms with E-state index in [0.717, 1.165) is 16.7 Å². The summed E-state index contributed by atoms with van der Waals surface area (Å²) in [6.45, 7) is 6.03. The predicted molar refractivity (Wildman–Crippen MR) is 153 cm³/mol. The van der Waals surface area contributed by atoms with E-state index >= 15 is 0 Å². The summed E-state index contributed by atoms with van der Waals surface area (Å²) in [7, 11) is 0. The SMILES string of the molecule is Cc1ccccc1CNC(=O)[C@H]1N(C(=O)[C@@H](O)[C@H](Cc2ccccc2)NC(=O)C(Cl)=C(Cl)Cl)CSC1(C)C. The molecule has 3 amide bonds. The molecule has 3 rings (SSSR count). The second-order valence-corrected chi connectivity index (χ2v) is 12.4. The van der Waals surface area contributed by atoms with E-state index in [1.54, 1.807) is 24.3 Å². The molecule has 0 radical (unpaired) electrons. The van der Waals surface area contributed by atoms with Crippen molar-refractivity contribution in [3.8, 4) is 0 Å². The molecule has 0 aromatic heterocycles. The van der Waals surface area contributed by atoms with Crippen LogP contribution >= 0.6 is 46.6 Å². The third-order valence-electron chi connectivity index (χ3n) is 6.41. The summed E-state index contributed by atoms with van der Waals surface area (Å²) in [4.78, 5) is 40.9. The first-order valence-electron chi connectivity index (χ1n) is 11.9. The molecule has 1 heterocycles. The molecule has 1 aliphatic heterocycles. The van der Waals surface area contributed by atoms with Crippen molar-refractivity contribution in [3.05, 3.63) is 80.8 Å². The Hall–Kier alpha value is -2.23. The van der Waals surface area contributed by atoms with E-state index in [2.05, 4.69) is 10.6 Å². The summed E-state index contributed by atoms with van der Waals surface area (Å²) in [6, 6.07) is 14.9. The van der Waals surface area contributed by atoms with Crippen LogP contribution in [-0.4, -0.2) is 56.5 Å². The van der Waals surface area contributed by atoms with Crippen molar-refractivity contribution in [2.75, 3.05) is 5.88 Å². The van der Waals surface area contributed by atoms with Crippen molar-refractivity contribution >= 4 is 64.3 Å². The monoisotopic (exact) mass is 597 g/mol. The number of aliphatic hydroxyl groups is 1. The van der Waals surface area contributed by atoms with Gasteiger partial charge in [0.1, 0.15) is 15.6 Å². The minimum atomic E-state index is -1.67. The number of benzene rings is 2. The van der Waals surface area contributed by atoms with Crippen LogP contribution < -0.4 is 10.6 Å². The molecule has 3 atom stereocenters. The lowest BCUT2D eigenvalue weighted by Crippen LogP contribution is -2.58. The van der Waals surface area contributed by atoms with Crippen molar-refractivity contribution in [2.24, 2.45) is 0 Å². The van der Waals surface area contributed by atoms with Crippen LogP contribution in [0.25, 0.3) is 0 Å². The van der Waals surface area contributed by atoms with Crippen molar-refractivity contribution in [1.82, 2.24) is 15.5 Å². The Labute approximate surface area is 241 Å². The maximum absolute atomic E-state index is 13.6. The highest BCUT2D eigenvalue weighted by Crippen LogP contribution is 2.40. The summed E-state index contributed by atoms with van der Waals surface area (Å²) in [5, 5.41) is 16.3. The van der Waals surface area contributed by atoms with Gasteiger partial charge < -0.3 is 20.6 Å². The van der Waals surface area contributed by atoms with Gasteiger partial charge in [-0.1, -0.05) is 89.4 Å². The fraction of sp³-hybridized carbons (Fsp3) is 0.370. The molecule has 38 heavy (non-hydrogen) atoms. The highest BCUT2D eigenvalue weighted by Gasteiger charge is 2.49. The Morgan fingerprint density at radius 3 is 2.34 bits per heavy atom. The summed E-state index contributed by atoms with van der Waals surface area (Å²) in [5.74, 6) is -1.64. The predicted octanol–water partition coefficient (Wildman–Crippen LogP) is 4.27. The number of rotatable bonds is 9. The Balaban J connectivity index is 1.82. The minimum absolute atomic E-state index is 0.123. The van der Waals surface area contributed by atoms with Crippen LogP contribution in [0.2, 0.25) is 0 Å². The maximum Gasteiger partial charge on any atom is 0.265 e. The van der Waals surface area contributed by atoms with Gasteiger partial charge in [0.25, 0.3) is 11.8 Å². The quantitative estimate of drug-likeness (QED) is 0.375. The van der Waals surface area contributed by atoms with Crippen LogP contribution in [-0.2, 0) is 27.3 Å². The Morgan fingerprint density at radius 2 is 1.71 bits per heavy atom. The van der Waals surface area contributed by atoms with Crippen LogP contribution in [0.4, 0.5) is 0 Å². The summed E-state index contributed by atoms with van der Waals surface area (Å²) in [6.07, 6.45) is -1.54. The van der Waals surface area contributed by atoms with E-state index in [1.165, 1.54) is 16.7 Å². The molecular weight excluding hydrogens is 569 g/mol. The van der Waals surface area contributed by atoms with Gasteiger partial charge in [-0.2, -0.15) is 0 Å². The van der Waals surface area contributed by atoms with Crippen molar-refractivity contribution in [3.63, 3.8) is 0 Å². The number of halogens is 3. The van der Waals surface area contributed by atoms with E-state index < -0.39 is 44.3 Å². The molecule has 2 aromatic carbocycles. The number of aryl methyl sites for hydroxylation is 1. The molecule has 0 spiro atoms. The standard InChI is InChI=1S/C27H30Cl3N3O4S/c1-16-9-7-8-12-18(16)14-31-25(36)22-27(2,3)38-15-33(22)26(37)21(34)19(13-17-10-5-4-6-11-17)32-24(35)20(28)23(29)30/h4-12,19,21-22,34H,13-15H2,1-3H3,(H,31,36)(H,32,35)/t19-,21-,22+/m0/s1. The first-order valence-corrected chi connectivity index (χ1v) is 14.0. The molecule has 11 heteroatoms. The van der Waals surface area contributed by atoms with Gasteiger partial charge in [0.2, 0.25) is 5.91 Å². The zero-order valence-electron chi connectivity index (χ0n) is 21.2. The smallest absolute Gasteiger partial charge is 0.265 e. The highest BCUT2D eigenvalue weighted by molar-refractivity contribution is 8.00. The molecule has 2 aromatic rings. The van der Waals surface area contributed by atoms with Crippen molar-refractivity contribution in [1.29, 1.82) is 0 Å². The third kappa shape index (κ3) is 7.45. The largest absolute Gasteiger partial charge is 0.381 e. The van der Waals surface area contributed by atoms with Crippen molar-refractivity contribution < 1.29 is 19.5 Å². The molecule has 0 aliphatic carbocycles. The van der Waals surface area contributed by atoms with Gasteiger partial charge in [0, 0.05) is 11.3 Å². The molecule has 204 valence electrons. The summed E-state index contributed by atoms with van der Waals surface area (Å²) in [5.41, 5.74) is 2.78. The van der Waals surface area contributed by atoms with Crippen LogP contribution in [0.15, 0.2) is 64.1 Å². The first kappa shape index (κ1) is 30.3. The lowest BCUT2D eigenvalue weighted by atomic mass is 9.97. The van der Waals surface area contributed by atoms with Crippen LogP contribution in [0, 0.1) is 6.92 Å². The van der Waals surface area contributed by atoms with E-state index in [-0.39, 0.29) is 18.2 Å². The molecule has 0 unspecified atom stereocenters. The van der Waals surface area contributed by atoms with Gasteiger partial charge in [0.15, 0.2) is 6.10 Å². The van der Waals surface area contributed by atoms with Gasteiger partial charge in [0.05, 0.1) is 11.9 Å². The van der Waals surface area contributed by atoms with Gasteiger partial charge in [-0.25, -0.2) is 0 Å². The number of nitrogens with zero attached hydrogens (tertiary/aromatic N) is 1. The van der Waals surface area contributed by atoms with E-state index in [4.69, 9.17) is 34.8 Å². The second-order valence-electron chi connectivity index (χ2n) is 9.52. The Kier molecular flexibility index (Phi) is 10.5. The fourth-order valence-corrected chi connectivity index (χ4v) is 5.64.